The van der Waals surface area contributed by atoms with Gasteiger partial charge in [0.05, 0.1) is 0 Å². The van der Waals surface area contributed by atoms with E-state index in [1.54, 1.807) is 0 Å². The van der Waals surface area contributed by atoms with Crippen LogP contribution in [0.4, 0.5) is 0 Å². The highest BCUT2D eigenvalue weighted by molar-refractivity contribution is 5.94. The van der Waals surface area contributed by atoms with E-state index in [2.05, 4.69) is 24.1 Å². The van der Waals surface area contributed by atoms with Crippen molar-refractivity contribution in [2.45, 2.75) is 33.6 Å². The Hall–Kier alpha value is -1.35. The van der Waals surface area contributed by atoms with Crippen molar-refractivity contribution in [1.82, 2.24) is 10.2 Å². The van der Waals surface area contributed by atoms with Gasteiger partial charge in [-0.3, -0.25) is 4.79 Å². The van der Waals surface area contributed by atoms with E-state index < -0.39 is 0 Å². The van der Waals surface area contributed by atoms with E-state index in [4.69, 9.17) is 0 Å². The van der Waals surface area contributed by atoms with Crippen LogP contribution in [0.2, 0.25) is 0 Å². The molecule has 21 heavy (non-hydrogen) atoms. The molecule has 1 aromatic carbocycles. The number of benzene rings is 1. The highest BCUT2D eigenvalue weighted by Crippen LogP contribution is 2.20. The Morgan fingerprint density at radius 3 is 2.67 bits per heavy atom. The summed E-state index contributed by atoms with van der Waals surface area (Å²) < 4.78 is 0. The number of piperidine rings is 1. The molecule has 3 heteroatoms. The van der Waals surface area contributed by atoms with Crippen molar-refractivity contribution in [1.29, 1.82) is 0 Å². The quantitative estimate of drug-likeness (QED) is 0.844. The van der Waals surface area contributed by atoms with Gasteiger partial charge in [0, 0.05) is 25.2 Å². The molecule has 2 atom stereocenters. The molecule has 1 N–H and O–H groups in total. The molecule has 1 aliphatic rings. The van der Waals surface area contributed by atoms with E-state index in [9.17, 15) is 4.79 Å². The van der Waals surface area contributed by atoms with Crippen molar-refractivity contribution < 1.29 is 4.79 Å². The first kappa shape index (κ1) is 16.0. The number of rotatable bonds is 5. The van der Waals surface area contributed by atoms with Crippen molar-refractivity contribution >= 4 is 5.91 Å². The van der Waals surface area contributed by atoms with Crippen LogP contribution in [0.1, 0.15) is 42.6 Å². The van der Waals surface area contributed by atoms with Crippen molar-refractivity contribution in [3.63, 3.8) is 0 Å². The summed E-state index contributed by atoms with van der Waals surface area (Å²) in [6, 6.07) is 7.75. The molecule has 0 aromatic heterocycles. The van der Waals surface area contributed by atoms with Gasteiger partial charge < -0.3 is 10.2 Å². The van der Waals surface area contributed by atoms with Crippen LogP contribution in [-0.4, -0.2) is 37.0 Å². The molecule has 1 aliphatic heterocycles. The molecule has 1 saturated heterocycles. The minimum Gasteiger partial charge on any atom is -0.352 e. The second kappa shape index (κ2) is 7.60. The number of aryl methyl sites for hydroxylation is 1. The molecule has 116 valence electrons. The number of nitrogens with one attached hydrogen (secondary N) is 1. The monoisotopic (exact) mass is 288 g/mol. The maximum Gasteiger partial charge on any atom is 0.251 e. The molecule has 1 amide bonds. The molecule has 1 aromatic rings. The van der Waals surface area contributed by atoms with Crippen molar-refractivity contribution in [2.24, 2.45) is 11.8 Å². The van der Waals surface area contributed by atoms with Gasteiger partial charge in [-0.05, 0) is 50.3 Å². The van der Waals surface area contributed by atoms with Crippen LogP contribution >= 0.6 is 0 Å². The maximum absolute atomic E-state index is 12.0. The lowest BCUT2D eigenvalue weighted by atomic mass is 9.92. The zero-order valence-electron chi connectivity index (χ0n) is 13.6. The number of likely N-dealkylation sites (tertiary alicyclic amines) is 1. The van der Waals surface area contributed by atoms with Crippen molar-refractivity contribution in [2.75, 3.05) is 26.2 Å². The van der Waals surface area contributed by atoms with Gasteiger partial charge in [-0.25, -0.2) is 0 Å². The van der Waals surface area contributed by atoms with Gasteiger partial charge in [0.25, 0.3) is 5.91 Å². The number of carbonyl (C=O) groups excluding carboxylic acids is 1. The summed E-state index contributed by atoms with van der Waals surface area (Å²) in [5.41, 5.74) is 1.88. The number of nitrogens with zero attached hydrogens (tertiary/aromatic N) is 1. The zero-order valence-corrected chi connectivity index (χ0v) is 13.6. The highest BCUT2D eigenvalue weighted by atomic mass is 16.1. The third kappa shape index (κ3) is 5.16. The van der Waals surface area contributed by atoms with E-state index in [1.807, 2.05) is 31.2 Å². The lowest BCUT2D eigenvalue weighted by Crippen LogP contribution is -2.40. The fourth-order valence-electron chi connectivity index (χ4n) is 3.37. The summed E-state index contributed by atoms with van der Waals surface area (Å²) in [5, 5.41) is 3.02. The largest absolute Gasteiger partial charge is 0.352 e. The predicted octanol–water partition coefficient (Wildman–Crippen LogP) is 3.09. The van der Waals surface area contributed by atoms with E-state index in [0.717, 1.165) is 42.5 Å². The van der Waals surface area contributed by atoms with Crippen LogP contribution in [-0.2, 0) is 0 Å². The SMILES string of the molecule is Cc1cccc(C(=O)NCCCN2C[C@H](C)C[C@H](C)C2)c1. The standard InChI is InChI=1S/C18H28N2O/c1-14-6-4-7-17(11-14)18(21)19-8-5-9-20-12-15(2)10-16(3)13-20/h4,6-7,11,15-16H,5,8-10,12-13H2,1-3H3,(H,19,21)/t15-,16+. The van der Waals surface area contributed by atoms with Crippen molar-refractivity contribution in [3.05, 3.63) is 35.4 Å². The summed E-state index contributed by atoms with van der Waals surface area (Å²) in [7, 11) is 0. The summed E-state index contributed by atoms with van der Waals surface area (Å²) in [6.45, 7) is 10.9. The number of hydrogen-bond acceptors (Lipinski definition) is 2. The molecule has 0 bridgehead atoms. The third-order valence-corrected chi connectivity index (χ3v) is 4.16. The minimum atomic E-state index is 0.0408. The first-order valence-electron chi connectivity index (χ1n) is 8.12. The fourth-order valence-corrected chi connectivity index (χ4v) is 3.37. The fraction of sp³-hybridized carbons (Fsp3) is 0.611. The first-order chi connectivity index (χ1) is 10.0. The molecular weight excluding hydrogens is 260 g/mol. The van der Waals surface area contributed by atoms with Gasteiger partial charge >= 0.3 is 0 Å². The van der Waals surface area contributed by atoms with E-state index in [1.165, 1.54) is 19.5 Å². The molecule has 0 saturated carbocycles. The summed E-state index contributed by atoms with van der Waals surface area (Å²) in [5.74, 6) is 1.64. The van der Waals surface area contributed by atoms with E-state index >= 15 is 0 Å². The van der Waals surface area contributed by atoms with Crippen LogP contribution in [0.5, 0.6) is 0 Å². The Morgan fingerprint density at radius 1 is 1.29 bits per heavy atom. The first-order valence-corrected chi connectivity index (χ1v) is 8.12. The van der Waals surface area contributed by atoms with E-state index in [-0.39, 0.29) is 5.91 Å². The van der Waals surface area contributed by atoms with Crippen LogP contribution in [0, 0.1) is 18.8 Å². The second-order valence-electron chi connectivity index (χ2n) is 6.68. The maximum atomic E-state index is 12.0. The van der Waals surface area contributed by atoms with Crippen LogP contribution in [0.3, 0.4) is 0 Å². The Kier molecular flexibility index (Phi) is 5.80. The molecule has 2 rings (SSSR count). The molecule has 1 fully saturated rings. The Labute approximate surface area is 128 Å². The molecular formula is C18H28N2O. The predicted molar refractivity (Wildman–Crippen MR) is 87.5 cm³/mol. The van der Waals surface area contributed by atoms with Crippen molar-refractivity contribution in [3.8, 4) is 0 Å². The highest BCUT2D eigenvalue weighted by Gasteiger charge is 2.21. The van der Waals surface area contributed by atoms with Gasteiger partial charge in [-0.2, -0.15) is 0 Å². The third-order valence-electron chi connectivity index (χ3n) is 4.16. The summed E-state index contributed by atoms with van der Waals surface area (Å²) in [4.78, 5) is 14.6. The van der Waals surface area contributed by atoms with Gasteiger partial charge in [-0.1, -0.05) is 31.5 Å². The van der Waals surface area contributed by atoms with Crippen LogP contribution in [0.15, 0.2) is 24.3 Å². The molecule has 0 radical (unpaired) electrons. The molecule has 0 unspecified atom stereocenters. The molecule has 0 spiro atoms. The van der Waals surface area contributed by atoms with Gasteiger partial charge in [-0.15, -0.1) is 0 Å². The van der Waals surface area contributed by atoms with E-state index in [0.29, 0.717) is 0 Å². The van der Waals surface area contributed by atoms with Gasteiger partial charge in [0.1, 0.15) is 0 Å². The van der Waals surface area contributed by atoms with Gasteiger partial charge in [0.2, 0.25) is 0 Å². The smallest absolute Gasteiger partial charge is 0.251 e. The Morgan fingerprint density at radius 2 is 2.00 bits per heavy atom. The zero-order chi connectivity index (χ0) is 15.2. The molecule has 3 nitrogen and oxygen atoms in total. The second-order valence-corrected chi connectivity index (χ2v) is 6.68. The summed E-state index contributed by atoms with van der Waals surface area (Å²) in [6.07, 6.45) is 2.37. The Balaban J connectivity index is 1.69. The lowest BCUT2D eigenvalue weighted by molar-refractivity contribution is 0.0947. The number of hydrogen-bond donors (Lipinski definition) is 1. The van der Waals surface area contributed by atoms with Gasteiger partial charge in [0.15, 0.2) is 0 Å². The average molecular weight is 288 g/mol. The normalized spacial score (nSPS) is 23.0. The molecule has 1 heterocycles. The topological polar surface area (TPSA) is 32.3 Å². The van der Waals surface area contributed by atoms with Crippen LogP contribution in [0.25, 0.3) is 0 Å². The Bertz CT molecular complexity index is 462. The minimum absolute atomic E-state index is 0.0408. The summed E-state index contributed by atoms with van der Waals surface area (Å²) >= 11 is 0. The average Bonchev–Trinajstić information content (AvgIpc) is 2.42. The number of carbonyl (C=O) groups is 1. The molecule has 0 aliphatic carbocycles. The lowest BCUT2D eigenvalue weighted by Gasteiger charge is -2.34. The van der Waals surface area contributed by atoms with Crippen LogP contribution < -0.4 is 5.32 Å². The number of amides is 1.